The highest BCUT2D eigenvalue weighted by molar-refractivity contribution is 7.80. The molecule has 29 heavy (non-hydrogen) atoms. The molecule has 2 unspecified atom stereocenters. The highest BCUT2D eigenvalue weighted by Gasteiger charge is 2.51. The van der Waals surface area contributed by atoms with Crippen LogP contribution in [0.3, 0.4) is 0 Å². The number of nitrogens with one attached hydrogen (secondary N) is 2. The molecule has 4 nitrogen and oxygen atoms in total. The van der Waals surface area contributed by atoms with Crippen molar-refractivity contribution >= 4 is 23.2 Å². The molecule has 1 saturated heterocycles. The molecule has 1 heterocycles. The van der Waals surface area contributed by atoms with Gasteiger partial charge in [-0.25, -0.2) is 0 Å². The van der Waals surface area contributed by atoms with E-state index in [4.69, 9.17) is 12.2 Å². The Morgan fingerprint density at radius 1 is 0.966 bits per heavy atom. The second-order valence-electron chi connectivity index (χ2n) is 11.0. The normalized spacial score (nSPS) is 40.4. The molecule has 162 valence electrons. The van der Waals surface area contributed by atoms with Crippen LogP contribution < -0.4 is 10.6 Å². The van der Waals surface area contributed by atoms with E-state index in [0.717, 1.165) is 48.3 Å². The number of thiocarbonyl (C=S) groups is 1. The fourth-order valence-corrected chi connectivity index (χ4v) is 8.39. The van der Waals surface area contributed by atoms with Gasteiger partial charge in [-0.1, -0.05) is 12.8 Å². The van der Waals surface area contributed by atoms with E-state index in [1.54, 1.807) is 0 Å². The predicted octanol–water partition coefficient (Wildman–Crippen LogP) is 4.38. The Hall–Kier alpha value is -0.840. The third-order valence-electron chi connectivity index (χ3n) is 8.83. The van der Waals surface area contributed by atoms with E-state index >= 15 is 0 Å². The summed E-state index contributed by atoms with van der Waals surface area (Å²) in [5, 5.41) is 7.98. The second kappa shape index (κ2) is 8.36. The lowest BCUT2D eigenvalue weighted by Crippen LogP contribution is -2.61. The number of nitrogens with zero attached hydrogens (tertiary/aromatic N) is 1. The molecule has 0 aromatic heterocycles. The first-order valence-electron chi connectivity index (χ1n) is 12.5. The summed E-state index contributed by atoms with van der Waals surface area (Å²) in [6, 6.07) is 0.539. The Balaban J connectivity index is 1.04. The number of likely N-dealkylation sites (tertiary alicyclic amines) is 1. The lowest BCUT2D eigenvalue weighted by Gasteiger charge is -2.57. The quantitative estimate of drug-likeness (QED) is 0.515. The van der Waals surface area contributed by atoms with E-state index in [-0.39, 0.29) is 5.54 Å². The van der Waals surface area contributed by atoms with Crippen LogP contribution in [0.1, 0.15) is 89.9 Å². The van der Waals surface area contributed by atoms with Gasteiger partial charge in [0, 0.05) is 31.1 Å². The number of carbonyl (C=O) groups is 1. The summed E-state index contributed by atoms with van der Waals surface area (Å²) in [7, 11) is 0. The molecule has 0 radical (unpaired) electrons. The second-order valence-corrected chi connectivity index (χ2v) is 11.4. The van der Waals surface area contributed by atoms with Gasteiger partial charge in [-0.3, -0.25) is 4.79 Å². The largest absolute Gasteiger partial charge is 0.363 e. The zero-order valence-electron chi connectivity index (χ0n) is 18.0. The van der Waals surface area contributed by atoms with E-state index in [0.29, 0.717) is 18.4 Å². The summed E-state index contributed by atoms with van der Waals surface area (Å²) in [4.78, 5) is 15.1. The zero-order valence-corrected chi connectivity index (χ0v) is 18.8. The fraction of sp³-hybridized carbons (Fsp3) is 0.917. The highest BCUT2D eigenvalue weighted by atomic mass is 32.1. The first-order chi connectivity index (χ1) is 14.1. The van der Waals surface area contributed by atoms with Crippen LogP contribution in [0.4, 0.5) is 0 Å². The van der Waals surface area contributed by atoms with Gasteiger partial charge in [0.25, 0.3) is 0 Å². The lowest BCUT2D eigenvalue weighted by atomic mass is 9.53. The summed E-state index contributed by atoms with van der Waals surface area (Å²) in [6.07, 6.45) is 17.6. The molecule has 4 bridgehead atoms. The zero-order chi connectivity index (χ0) is 19.8. The molecule has 0 aromatic rings. The Labute approximate surface area is 181 Å². The number of amides is 1. The Morgan fingerprint density at radius 2 is 1.62 bits per heavy atom. The highest BCUT2D eigenvalue weighted by Crippen LogP contribution is 2.55. The molecule has 6 fully saturated rings. The van der Waals surface area contributed by atoms with E-state index in [9.17, 15) is 4.79 Å². The molecule has 5 aliphatic carbocycles. The number of hydrogen-bond donors (Lipinski definition) is 2. The van der Waals surface area contributed by atoms with Crippen molar-refractivity contribution in [2.75, 3.05) is 13.1 Å². The maximum atomic E-state index is 12.8. The number of hydrogen-bond acceptors (Lipinski definition) is 2. The minimum absolute atomic E-state index is 0.276. The SMILES string of the molecule is O=C(CCCNC(=S)NC12CC3CC(CC(C3)C1)C2)N1CCCC2CCCCC21. The van der Waals surface area contributed by atoms with Crippen LogP contribution >= 0.6 is 12.2 Å². The predicted molar refractivity (Wildman–Crippen MR) is 121 cm³/mol. The monoisotopic (exact) mass is 417 g/mol. The van der Waals surface area contributed by atoms with E-state index in [2.05, 4.69) is 15.5 Å². The van der Waals surface area contributed by atoms with E-state index in [1.165, 1.54) is 77.0 Å². The van der Waals surface area contributed by atoms with E-state index < -0.39 is 0 Å². The van der Waals surface area contributed by atoms with Crippen LogP contribution in [0.15, 0.2) is 0 Å². The molecule has 5 saturated carbocycles. The molecule has 2 N–H and O–H groups in total. The number of piperidine rings is 1. The Kier molecular flexibility index (Phi) is 5.79. The van der Waals surface area contributed by atoms with Gasteiger partial charge in [-0.15, -0.1) is 0 Å². The smallest absolute Gasteiger partial charge is 0.222 e. The minimum atomic E-state index is 0.276. The molecule has 6 aliphatic rings. The van der Waals surface area contributed by atoms with Crippen molar-refractivity contribution in [2.45, 2.75) is 101 Å². The van der Waals surface area contributed by atoms with Gasteiger partial charge in [0.15, 0.2) is 5.11 Å². The topological polar surface area (TPSA) is 44.4 Å². The van der Waals surface area contributed by atoms with Crippen molar-refractivity contribution in [3.63, 3.8) is 0 Å². The summed E-state index contributed by atoms with van der Waals surface area (Å²) >= 11 is 5.65. The summed E-state index contributed by atoms with van der Waals surface area (Å²) in [5.74, 6) is 3.95. The molecule has 0 aromatic carbocycles. The molecule has 5 heteroatoms. The fourth-order valence-electron chi connectivity index (χ4n) is 8.07. The van der Waals surface area contributed by atoms with Crippen molar-refractivity contribution < 1.29 is 4.79 Å². The summed E-state index contributed by atoms with van der Waals surface area (Å²) < 4.78 is 0. The Morgan fingerprint density at radius 3 is 2.34 bits per heavy atom. The molecule has 1 aliphatic heterocycles. The maximum absolute atomic E-state index is 12.8. The molecule has 2 atom stereocenters. The lowest BCUT2D eigenvalue weighted by molar-refractivity contribution is -0.137. The van der Waals surface area contributed by atoms with Gasteiger partial charge < -0.3 is 15.5 Å². The molecular weight excluding hydrogens is 378 g/mol. The molecular formula is C24H39N3OS. The first-order valence-corrected chi connectivity index (χ1v) is 12.9. The number of fused-ring (bicyclic) bond motifs is 1. The van der Waals surface area contributed by atoms with Gasteiger partial charge in [-0.2, -0.15) is 0 Å². The molecule has 6 rings (SSSR count). The van der Waals surface area contributed by atoms with Crippen molar-refractivity contribution in [1.29, 1.82) is 0 Å². The number of rotatable bonds is 5. The van der Waals surface area contributed by atoms with Crippen LogP contribution in [0.25, 0.3) is 0 Å². The summed E-state index contributed by atoms with van der Waals surface area (Å²) in [5.41, 5.74) is 0.276. The van der Waals surface area contributed by atoms with Crippen LogP contribution in [-0.4, -0.2) is 40.6 Å². The van der Waals surface area contributed by atoms with Crippen LogP contribution in [0.2, 0.25) is 0 Å². The van der Waals surface area contributed by atoms with Gasteiger partial charge in [-0.05, 0) is 107 Å². The average Bonchev–Trinajstić information content (AvgIpc) is 2.69. The van der Waals surface area contributed by atoms with Crippen molar-refractivity contribution in [2.24, 2.45) is 23.7 Å². The van der Waals surface area contributed by atoms with Gasteiger partial charge in [0.05, 0.1) is 0 Å². The molecule has 1 amide bonds. The average molecular weight is 418 g/mol. The first kappa shape index (κ1) is 20.1. The van der Waals surface area contributed by atoms with Crippen LogP contribution in [-0.2, 0) is 4.79 Å². The number of carbonyl (C=O) groups excluding carboxylic acids is 1. The minimum Gasteiger partial charge on any atom is -0.363 e. The third kappa shape index (κ3) is 4.31. The van der Waals surface area contributed by atoms with Gasteiger partial charge in [0.2, 0.25) is 5.91 Å². The van der Waals surface area contributed by atoms with Gasteiger partial charge in [0.1, 0.15) is 0 Å². The Bertz CT molecular complexity index is 598. The van der Waals surface area contributed by atoms with E-state index in [1.807, 2.05) is 0 Å². The third-order valence-corrected chi connectivity index (χ3v) is 9.08. The maximum Gasteiger partial charge on any atom is 0.222 e. The van der Waals surface area contributed by atoms with Crippen molar-refractivity contribution in [1.82, 2.24) is 15.5 Å². The van der Waals surface area contributed by atoms with Crippen molar-refractivity contribution in [3.05, 3.63) is 0 Å². The van der Waals surface area contributed by atoms with Crippen LogP contribution in [0.5, 0.6) is 0 Å². The van der Waals surface area contributed by atoms with Crippen molar-refractivity contribution in [3.8, 4) is 0 Å². The molecule has 0 spiro atoms. The standard InChI is InChI=1S/C24H39N3OS/c28-22(27-10-4-6-20-5-1-2-7-21(20)27)8-3-9-25-23(29)26-24-14-17-11-18(15-24)13-19(12-17)16-24/h17-21H,1-16H2,(H2,25,26,29). The van der Waals surface area contributed by atoms with Crippen LogP contribution in [0, 0.1) is 23.7 Å². The summed E-state index contributed by atoms with van der Waals surface area (Å²) in [6.45, 7) is 1.80. The van der Waals surface area contributed by atoms with Gasteiger partial charge >= 0.3 is 0 Å².